The first-order valence-electron chi connectivity index (χ1n) is 9.30. The maximum atomic E-state index is 11.5. The summed E-state index contributed by atoms with van der Waals surface area (Å²) in [5.74, 6) is 0.859. The first-order valence-corrected chi connectivity index (χ1v) is 9.30. The lowest BCUT2D eigenvalue weighted by atomic mass is 9.79. The van der Waals surface area contributed by atoms with E-state index in [4.69, 9.17) is 4.74 Å². The van der Waals surface area contributed by atoms with Crippen LogP contribution < -0.4 is 10.2 Å². The number of hydrogen-bond acceptors (Lipinski definition) is 4. The molecule has 0 saturated carbocycles. The van der Waals surface area contributed by atoms with Gasteiger partial charge in [0.15, 0.2) is 0 Å². The Bertz CT molecular complexity index is 637. The van der Waals surface area contributed by atoms with E-state index in [9.17, 15) is 4.79 Å². The van der Waals surface area contributed by atoms with Crippen molar-refractivity contribution in [3.05, 3.63) is 29.8 Å². The number of amides is 1. The number of hydrazone groups is 1. The molecule has 25 heavy (non-hydrogen) atoms. The maximum Gasteiger partial charge on any atom is 0.241 e. The molecule has 2 aliphatic heterocycles. The van der Waals surface area contributed by atoms with Gasteiger partial charge in [-0.2, -0.15) is 5.10 Å². The Morgan fingerprint density at radius 3 is 2.72 bits per heavy atom. The minimum absolute atomic E-state index is 0.0268. The molecule has 1 N–H and O–H groups in total. The molecule has 5 nitrogen and oxygen atoms in total. The topological polar surface area (TPSA) is 53.9 Å². The van der Waals surface area contributed by atoms with Gasteiger partial charge in [0, 0.05) is 24.4 Å². The summed E-state index contributed by atoms with van der Waals surface area (Å²) in [6.45, 7) is 9.49. The average Bonchev–Trinajstić information content (AvgIpc) is 2.97. The molecular formula is C20H29N3O2. The van der Waals surface area contributed by atoms with Crippen LogP contribution in [0.1, 0.15) is 52.0 Å². The largest absolute Gasteiger partial charge is 0.494 e. The van der Waals surface area contributed by atoms with E-state index in [0.29, 0.717) is 6.42 Å². The fraction of sp³-hybridized carbons (Fsp3) is 0.600. The molecule has 1 saturated heterocycles. The number of nitrogens with one attached hydrogen (secondary N) is 1. The number of carbonyl (C=O) groups excluding carboxylic acids is 1. The molecule has 1 amide bonds. The number of rotatable bonds is 6. The summed E-state index contributed by atoms with van der Waals surface area (Å²) >= 11 is 0. The third kappa shape index (κ3) is 4.40. The molecule has 1 fully saturated rings. The summed E-state index contributed by atoms with van der Waals surface area (Å²) in [6.07, 6.45) is 4.16. The van der Waals surface area contributed by atoms with Crippen molar-refractivity contribution in [3.63, 3.8) is 0 Å². The lowest BCUT2D eigenvalue weighted by molar-refractivity contribution is -0.122. The van der Waals surface area contributed by atoms with Crippen molar-refractivity contribution in [2.45, 2.75) is 52.5 Å². The second kappa shape index (κ2) is 7.56. The van der Waals surface area contributed by atoms with E-state index < -0.39 is 0 Å². The molecule has 0 radical (unpaired) electrons. The third-order valence-electron chi connectivity index (χ3n) is 5.21. The van der Waals surface area contributed by atoms with E-state index in [1.807, 2.05) is 38.1 Å². The number of carbonyl (C=O) groups is 1. The Hall–Kier alpha value is -1.88. The molecule has 136 valence electrons. The van der Waals surface area contributed by atoms with Gasteiger partial charge in [0.1, 0.15) is 5.75 Å². The van der Waals surface area contributed by atoms with Crippen LogP contribution in [0.2, 0.25) is 0 Å². The van der Waals surface area contributed by atoms with Crippen molar-refractivity contribution in [3.8, 4) is 5.75 Å². The number of hydrogen-bond donors (Lipinski definition) is 1. The van der Waals surface area contributed by atoms with Gasteiger partial charge in [-0.3, -0.25) is 4.79 Å². The van der Waals surface area contributed by atoms with Crippen LogP contribution in [0, 0.1) is 5.41 Å². The Balaban J connectivity index is 1.51. The third-order valence-corrected chi connectivity index (χ3v) is 5.21. The molecule has 1 aromatic rings. The molecule has 0 bridgehead atoms. The maximum absolute atomic E-state index is 11.5. The van der Waals surface area contributed by atoms with E-state index in [2.05, 4.69) is 22.4 Å². The lowest BCUT2D eigenvalue weighted by Crippen LogP contribution is -2.39. The Labute approximate surface area is 150 Å². The van der Waals surface area contributed by atoms with Gasteiger partial charge in [-0.1, -0.05) is 13.8 Å². The number of benzene rings is 1. The Kier molecular flexibility index (Phi) is 5.42. The molecule has 2 aliphatic rings. The monoisotopic (exact) mass is 343 g/mol. The highest BCUT2D eigenvalue weighted by atomic mass is 16.5. The van der Waals surface area contributed by atoms with Crippen LogP contribution in [0.15, 0.2) is 29.4 Å². The summed E-state index contributed by atoms with van der Waals surface area (Å²) < 4.78 is 5.88. The van der Waals surface area contributed by atoms with E-state index in [1.165, 1.54) is 19.4 Å². The fourth-order valence-corrected chi connectivity index (χ4v) is 3.74. The molecule has 5 heteroatoms. The van der Waals surface area contributed by atoms with Gasteiger partial charge >= 0.3 is 0 Å². The van der Waals surface area contributed by atoms with Gasteiger partial charge in [0.2, 0.25) is 5.91 Å². The summed E-state index contributed by atoms with van der Waals surface area (Å²) in [5, 5.41) is 4.26. The summed E-state index contributed by atoms with van der Waals surface area (Å²) in [4.78, 5) is 14.1. The zero-order valence-electron chi connectivity index (χ0n) is 15.5. The normalized spacial score (nSPS) is 23.2. The average molecular weight is 343 g/mol. The SMILES string of the molecule is C[C@@H]1CCCN1CCCOc1ccc(C2=NNC(=O)CC2(C)C)cc1. The molecule has 0 spiro atoms. The van der Waals surface area contributed by atoms with Crippen molar-refractivity contribution >= 4 is 11.6 Å². The van der Waals surface area contributed by atoms with E-state index in [0.717, 1.165) is 42.6 Å². The van der Waals surface area contributed by atoms with E-state index in [1.54, 1.807) is 0 Å². The van der Waals surface area contributed by atoms with Gasteiger partial charge in [-0.25, -0.2) is 5.43 Å². The van der Waals surface area contributed by atoms with Crippen LogP contribution in [0.25, 0.3) is 0 Å². The van der Waals surface area contributed by atoms with Crippen molar-refractivity contribution in [2.75, 3.05) is 19.7 Å². The number of likely N-dealkylation sites (tertiary alicyclic amines) is 1. The van der Waals surface area contributed by atoms with Crippen LogP contribution >= 0.6 is 0 Å². The van der Waals surface area contributed by atoms with Crippen molar-refractivity contribution in [1.29, 1.82) is 0 Å². The summed E-state index contributed by atoms with van der Waals surface area (Å²) in [7, 11) is 0. The molecule has 0 aliphatic carbocycles. The van der Waals surface area contributed by atoms with Crippen molar-refractivity contribution in [2.24, 2.45) is 10.5 Å². The van der Waals surface area contributed by atoms with Crippen molar-refractivity contribution < 1.29 is 9.53 Å². The van der Waals surface area contributed by atoms with Gasteiger partial charge < -0.3 is 9.64 Å². The first kappa shape index (κ1) is 17.9. The van der Waals surface area contributed by atoms with E-state index in [-0.39, 0.29) is 11.3 Å². The van der Waals surface area contributed by atoms with Gasteiger partial charge in [-0.05, 0) is 62.6 Å². The minimum Gasteiger partial charge on any atom is -0.494 e. The summed E-state index contributed by atoms with van der Waals surface area (Å²) in [6, 6.07) is 8.75. The number of ether oxygens (including phenoxy) is 1. The molecule has 2 heterocycles. The lowest BCUT2D eigenvalue weighted by Gasteiger charge is -2.29. The van der Waals surface area contributed by atoms with Crippen LogP contribution in [0.5, 0.6) is 5.75 Å². The molecule has 3 rings (SSSR count). The van der Waals surface area contributed by atoms with Crippen LogP contribution in [0.4, 0.5) is 0 Å². The Morgan fingerprint density at radius 1 is 1.32 bits per heavy atom. The molecule has 1 aromatic carbocycles. The van der Waals surface area contributed by atoms with Crippen LogP contribution in [0.3, 0.4) is 0 Å². The number of nitrogens with zero attached hydrogens (tertiary/aromatic N) is 2. The second-order valence-electron chi connectivity index (χ2n) is 7.81. The second-order valence-corrected chi connectivity index (χ2v) is 7.81. The van der Waals surface area contributed by atoms with Crippen LogP contribution in [-0.4, -0.2) is 42.3 Å². The fourth-order valence-electron chi connectivity index (χ4n) is 3.74. The first-order chi connectivity index (χ1) is 12.0. The molecule has 1 atom stereocenters. The van der Waals surface area contributed by atoms with E-state index >= 15 is 0 Å². The molecular weight excluding hydrogens is 314 g/mol. The smallest absolute Gasteiger partial charge is 0.241 e. The highest BCUT2D eigenvalue weighted by Gasteiger charge is 2.32. The molecule has 0 aromatic heterocycles. The zero-order chi connectivity index (χ0) is 17.9. The van der Waals surface area contributed by atoms with Gasteiger partial charge in [0.05, 0.1) is 12.3 Å². The quantitative estimate of drug-likeness (QED) is 0.807. The van der Waals surface area contributed by atoms with Gasteiger partial charge in [-0.15, -0.1) is 0 Å². The van der Waals surface area contributed by atoms with Crippen LogP contribution in [-0.2, 0) is 4.79 Å². The predicted octanol–water partition coefficient (Wildman–Crippen LogP) is 3.19. The summed E-state index contributed by atoms with van der Waals surface area (Å²) in [5.41, 5.74) is 4.28. The Morgan fingerprint density at radius 2 is 2.08 bits per heavy atom. The van der Waals surface area contributed by atoms with Crippen molar-refractivity contribution in [1.82, 2.24) is 10.3 Å². The predicted molar refractivity (Wildman–Crippen MR) is 99.9 cm³/mol. The highest BCUT2D eigenvalue weighted by molar-refractivity contribution is 6.08. The standard InChI is InChI=1S/C20H29N3O2/c1-15-6-4-11-23(15)12-5-13-25-17-9-7-16(8-10-17)19-20(2,3)14-18(24)21-22-19/h7-10,15H,4-6,11-14H2,1-3H3,(H,21,24)/t15-/m1/s1. The van der Waals surface area contributed by atoms with Gasteiger partial charge in [0.25, 0.3) is 0 Å². The highest BCUT2D eigenvalue weighted by Crippen LogP contribution is 2.29. The zero-order valence-corrected chi connectivity index (χ0v) is 15.5. The minimum atomic E-state index is -0.253. The molecule has 0 unspecified atom stereocenters.